The van der Waals surface area contributed by atoms with Crippen molar-refractivity contribution in [1.82, 2.24) is 10.6 Å². The molecule has 0 radical (unpaired) electrons. The summed E-state index contributed by atoms with van der Waals surface area (Å²) >= 11 is 0. The summed E-state index contributed by atoms with van der Waals surface area (Å²) in [6, 6.07) is 9.24. The number of halogens is 1. The van der Waals surface area contributed by atoms with Gasteiger partial charge in [0.2, 0.25) is 5.91 Å². The average Bonchev–Trinajstić information content (AvgIpc) is 2.36. The molecule has 0 bridgehead atoms. The highest BCUT2D eigenvalue weighted by molar-refractivity contribution is 5.85. The van der Waals surface area contributed by atoms with E-state index in [-0.39, 0.29) is 18.3 Å². The quantitative estimate of drug-likeness (QED) is 0.897. The van der Waals surface area contributed by atoms with E-state index in [0.717, 1.165) is 25.8 Å². The predicted molar refractivity (Wildman–Crippen MR) is 85.4 cm³/mol. The summed E-state index contributed by atoms with van der Waals surface area (Å²) in [5.74, 6) is 0.181. The number of benzene rings is 1. The number of piperidine rings is 1. The predicted octanol–water partition coefficient (Wildman–Crippen LogP) is 2.61. The Morgan fingerprint density at radius 2 is 2.25 bits per heavy atom. The first-order valence-electron chi connectivity index (χ1n) is 7.22. The smallest absolute Gasteiger partial charge is 0.220 e. The zero-order valence-corrected chi connectivity index (χ0v) is 13.1. The van der Waals surface area contributed by atoms with Crippen LogP contribution in [-0.2, 0) is 11.2 Å². The normalized spacial score (nSPS) is 21.9. The number of carbonyl (C=O) groups excluding carboxylic acids is 1. The van der Waals surface area contributed by atoms with Crippen LogP contribution >= 0.6 is 12.4 Å². The third kappa shape index (κ3) is 5.51. The number of hydrogen-bond donors (Lipinski definition) is 2. The molecular formula is C16H25ClN2O. The van der Waals surface area contributed by atoms with Gasteiger partial charge in [-0.25, -0.2) is 0 Å². The van der Waals surface area contributed by atoms with Crippen LogP contribution < -0.4 is 10.6 Å². The minimum absolute atomic E-state index is 0. The first-order valence-corrected chi connectivity index (χ1v) is 7.22. The number of aryl methyl sites for hydroxylation is 2. The van der Waals surface area contributed by atoms with E-state index in [4.69, 9.17) is 0 Å². The Morgan fingerprint density at radius 3 is 2.95 bits per heavy atom. The van der Waals surface area contributed by atoms with Gasteiger partial charge in [0, 0.05) is 18.5 Å². The maximum atomic E-state index is 11.9. The second kappa shape index (κ2) is 8.28. The minimum Gasteiger partial charge on any atom is -0.353 e. The van der Waals surface area contributed by atoms with Gasteiger partial charge in [-0.15, -0.1) is 12.4 Å². The first kappa shape index (κ1) is 17.0. The highest BCUT2D eigenvalue weighted by Gasteiger charge is 2.19. The molecule has 1 amide bonds. The minimum atomic E-state index is 0. The number of nitrogens with one attached hydrogen (secondary N) is 2. The molecule has 112 valence electrons. The van der Waals surface area contributed by atoms with E-state index in [1.54, 1.807) is 0 Å². The molecule has 0 saturated carbocycles. The van der Waals surface area contributed by atoms with Crippen LogP contribution in [0.1, 0.15) is 37.3 Å². The summed E-state index contributed by atoms with van der Waals surface area (Å²) < 4.78 is 0. The monoisotopic (exact) mass is 296 g/mol. The van der Waals surface area contributed by atoms with Gasteiger partial charge in [0.25, 0.3) is 0 Å². The highest BCUT2D eigenvalue weighted by Crippen LogP contribution is 2.10. The number of hydrogen-bond acceptors (Lipinski definition) is 2. The van der Waals surface area contributed by atoms with E-state index < -0.39 is 0 Å². The van der Waals surface area contributed by atoms with Gasteiger partial charge in [0.05, 0.1) is 0 Å². The Hall–Kier alpha value is -1.06. The maximum absolute atomic E-state index is 11.9. The molecule has 1 aliphatic rings. The van der Waals surface area contributed by atoms with E-state index >= 15 is 0 Å². The zero-order valence-electron chi connectivity index (χ0n) is 12.3. The van der Waals surface area contributed by atoms with Gasteiger partial charge in [-0.1, -0.05) is 29.8 Å². The van der Waals surface area contributed by atoms with Gasteiger partial charge in [-0.2, -0.15) is 0 Å². The van der Waals surface area contributed by atoms with Gasteiger partial charge in [-0.05, 0) is 45.2 Å². The Kier molecular flexibility index (Phi) is 7.03. The van der Waals surface area contributed by atoms with E-state index in [1.807, 2.05) is 0 Å². The molecule has 2 atom stereocenters. The topological polar surface area (TPSA) is 41.1 Å². The number of carbonyl (C=O) groups is 1. The third-order valence-corrected chi connectivity index (χ3v) is 3.71. The molecule has 2 unspecified atom stereocenters. The molecule has 1 aliphatic heterocycles. The summed E-state index contributed by atoms with van der Waals surface area (Å²) in [5, 5.41) is 6.55. The molecule has 0 spiro atoms. The van der Waals surface area contributed by atoms with Gasteiger partial charge >= 0.3 is 0 Å². The Bertz CT molecular complexity index is 436. The summed E-state index contributed by atoms with van der Waals surface area (Å²) in [4.78, 5) is 11.9. The third-order valence-electron chi connectivity index (χ3n) is 3.71. The van der Waals surface area contributed by atoms with Crippen LogP contribution in [0.2, 0.25) is 0 Å². The second-order valence-electron chi connectivity index (χ2n) is 5.63. The zero-order chi connectivity index (χ0) is 13.7. The van der Waals surface area contributed by atoms with E-state index in [2.05, 4.69) is 48.7 Å². The maximum Gasteiger partial charge on any atom is 0.220 e. The second-order valence-corrected chi connectivity index (χ2v) is 5.63. The van der Waals surface area contributed by atoms with Crippen LogP contribution in [0.3, 0.4) is 0 Å². The molecule has 20 heavy (non-hydrogen) atoms. The molecule has 1 aromatic carbocycles. The summed E-state index contributed by atoms with van der Waals surface area (Å²) in [6.07, 6.45) is 3.49. The highest BCUT2D eigenvalue weighted by atomic mass is 35.5. The Balaban J connectivity index is 0.00000200. The van der Waals surface area contributed by atoms with Gasteiger partial charge < -0.3 is 10.6 Å². The molecule has 1 heterocycles. The summed E-state index contributed by atoms with van der Waals surface area (Å²) in [6.45, 7) is 5.26. The molecule has 1 saturated heterocycles. The molecule has 1 fully saturated rings. The van der Waals surface area contributed by atoms with Crippen LogP contribution in [0, 0.1) is 6.92 Å². The first-order chi connectivity index (χ1) is 9.13. The lowest BCUT2D eigenvalue weighted by Crippen LogP contribution is -2.46. The van der Waals surface area contributed by atoms with Crippen LogP contribution in [-0.4, -0.2) is 24.5 Å². The van der Waals surface area contributed by atoms with Crippen LogP contribution in [0.4, 0.5) is 0 Å². The van der Waals surface area contributed by atoms with Crippen molar-refractivity contribution >= 4 is 18.3 Å². The fraction of sp³-hybridized carbons (Fsp3) is 0.562. The molecule has 2 N–H and O–H groups in total. The molecule has 4 heteroatoms. The van der Waals surface area contributed by atoms with Crippen LogP contribution in [0.15, 0.2) is 24.3 Å². The fourth-order valence-electron chi connectivity index (χ4n) is 2.69. The molecule has 3 nitrogen and oxygen atoms in total. The van der Waals surface area contributed by atoms with E-state index in [1.165, 1.54) is 11.1 Å². The lowest BCUT2D eigenvalue weighted by atomic mass is 10.00. The SMILES string of the molecule is Cc1cccc(CCC(=O)NC2CCNC(C)C2)c1.Cl. The van der Waals surface area contributed by atoms with Crippen molar-refractivity contribution in [3.05, 3.63) is 35.4 Å². The van der Waals surface area contributed by atoms with Crippen LogP contribution in [0.25, 0.3) is 0 Å². The van der Waals surface area contributed by atoms with Gasteiger partial charge in [0.15, 0.2) is 0 Å². The van der Waals surface area contributed by atoms with Gasteiger partial charge in [-0.3, -0.25) is 4.79 Å². The van der Waals surface area contributed by atoms with Crippen molar-refractivity contribution in [3.8, 4) is 0 Å². The lowest BCUT2D eigenvalue weighted by molar-refractivity contribution is -0.122. The van der Waals surface area contributed by atoms with Crippen molar-refractivity contribution in [2.24, 2.45) is 0 Å². The van der Waals surface area contributed by atoms with E-state index in [0.29, 0.717) is 18.5 Å². The molecule has 2 rings (SSSR count). The summed E-state index contributed by atoms with van der Waals surface area (Å²) in [7, 11) is 0. The van der Waals surface area contributed by atoms with Crippen molar-refractivity contribution < 1.29 is 4.79 Å². The van der Waals surface area contributed by atoms with Gasteiger partial charge in [0.1, 0.15) is 0 Å². The van der Waals surface area contributed by atoms with Crippen molar-refractivity contribution in [2.75, 3.05) is 6.54 Å². The molecule has 0 aliphatic carbocycles. The van der Waals surface area contributed by atoms with Crippen molar-refractivity contribution in [1.29, 1.82) is 0 Å². The molecule has 0 aromatic heterocycles. The Labute approximate surface area is 127 Å². The molecule has 1 aromatic rings. The number of rotatable bonds is 4. The number of amides is 1. The van der Waals surface area contributed by atoms with E-state index in [9.17, 15) is 4.79 Å². The van der Waals surface area contributed by atoms with Crippen molar-refractivity contribution in [3.63, 3.8) is 0 Å². The lowest BCUT2D eigenvalue weighted by Gasteiger charge is -2.28. The Morgan fingerprint density at radius 1 is 1.45 bits per heavy atom. The van der Waals surface area contributed by atoms with Crippen molar-refractivity contribution in [2.45, 2.75) is 51.6 Å². The standard InChI is InChI=1S/C16H24N2O.ClH/c1-12-4-3-5-14(10-12)6-7-16(19)18-15-8-9-17-13(2)11-15;/h3-5,10,13,15,17H,6-9,11H2,1-2H3,(H,18,19);1H. The summed E-state index contributed by atoms with van der Waals surface area (Å²) in [5.41, 5.74) is 2.50. The van der Waals surface area contributed by atoms with Crippen LogP contribution in [0.5, 0.6) is 0 Å². The largest absolute Gasteiger partial charge is 0.353 e. The molecular weight excluding hydrogens is 272 g/mol. The average molecular weight is 297 g/mol. The fourth-order valence-corrected chi connectivity index (χ4v) is 2.69.